The molecule has 7 atom stereocenters. The molecule has 0 radical (unpaired) electrons. The van der Waals surface area contributed by atoms with E-state index in [1.165, 1.54) is 44.9 Å². The maximum Gasteiger partial charge on any atom is 0.220 e. The largest absolute Gasteiger partial charge is 0.394 e. The summed E-state index contributed by atoms with van der Waals surface area (Å²) in [6.07, 6.45) is 55.6. The number of amides is 1. The lowest BCUT2D eigenvalue weighted by molar-refractivity contribution is -0.302. The van der Waals surface area contributed by atoms with Gasteiger partial charge in [0.2, 0.25) is 5.91 Å². The summed E-state index contributed by atoms with van der Waals surface area (Å²) in [5, 5.41) is 54.2. The highest BCUT2D eigenvalue weighted by atomic mass is 16.7. The van der Waals surface area contributed by atoms with Crippen molar-refractivity contribution in [3.63, 3.8) is 0 Å². The summed E-state index contributed by atoms with van der Waals surface area (Å²) in [6, 6.07) is -0.839. The molecule has 1 aliphatic heterocycles. The third kappa shape index (κ3) is 33.1. The molecule has 358 valence electrons. The van der Waals surface area contributed by atoms with Gasteiger partial charge in [0.15, 0.2) is 6.29 Å². The molecule has 0 aromatic carbocycles. The number of carbonyl (C=O) groups is 1. The van der Waals surface area contributed by atoms with E-state index in [9.17, 15) is 30.3 Å². The number of rotatable bonds is 39. The van der Waals surface area contributed by atoms with Crippen molar-refractivity contribution in [1.82, 2.24) is 5.32 Å². The van der Waals surface area contributed by atoms with Gasteiger partial charge in [-0.15, -0.1) is 0 Å². The van der Waals surface area contributed by atoms with E-state index >= 15 is 0 Å². The Morgan fingerprint density at radius 3 is 1.52 bits per heavy atom. The second kappa shape index (κ2) is 42.8. The lowest BCUT2D eigenvalue weighted by Gasteiger charge is -2.40. The van der Waals surface area contributed by atoms with Crippen LogP contribution in [0.1, 0.15) is 168 Å². The van der Waals surface area contributed by atoms with Crippen LogP contribution >= 0.6 is 0 Å². The third-order valence-electron chi connectivity index (χ3n) is 10.8. The molecule has 1 saturated heterocycles. The highest BCUT2D eigenvalue weighted by Crippen LogP contribution is 2.22. The first kappa shape index (κ1) is 57.9. The number of ether oxygens (including phenoxy) is 2. The standard InChI is InChI=1S/C54H89NO8/c1-3-5-7-9-11-13-15-17-18-19-20-21-22-23-24-25-26-27-28-29-30-32-34-36-38-40-42-44-50(58)55-47(46-62-54-53(61)52(60)51(59)49(45-56)63-54)48(57)43-41-39-37-35-33-31-16-14-12-10-8-6-4-2/h5,7,11-14,17-18,20-21,23-24,26-27,33,35,41,43,47-49,51-54,56-57,59-61H,3-4,6,8-10,15-16,19,22,25,28-32,34,36-40,42,44-46H2,1-2H3,(H,55,58)/b7-5-,13-11-,14-12+,18-17-,21-20-,24-23-,27-26-,35-33+,43-41+. The van der Waals surface area contributed by atoms with Gasteiger partial charge >= 0.3 is 0 Å². The average molecular weight is 880 g/mol. The molecular formula is C54H89NO8. The molecule has 0 aromatic heterocycles. The molecule has 7 unspecified atom stereocenters. The zero-order valence-electron chi connectivity index (χ0n) is 39.3. The van der Waals surface area contributed by atoms with Gasteiger partial charge in [-0.05, 0) is 96.3 Å². The number of aliphatic hydroxyl groups is 5. The predicted molar refractivity (Wildman–Crippen MR) is 262 cm³/mol. The highest BCUT2D eigenvalue weighted by molar-refractivity contribution is 5.76. The number of hydrogen-bond donors (Lipinski definition) is 6. The van der Waals surface area contributed by atoms with E-state index in [-0.39, 0.29) is 12.5 Å². The number of allylic oxidation sites excluding steroid dienone is 17. The maximum atomic E-state index is 13.0. The molecular weight excluding hydrogens is 791 g/mol. The predicted octanol–water partition coefficient (Wildman–Crippen LogP) is 11.1. The molecule has 0 aromatic rings. The number of nitrogens with one attached hydrogen (secondary N) is 1. The molecule has 1 heterocycles. The van der Waals surface area contributed by atoms with Crippen LogP contribution in [0.3, 0.4) is 0 Å². The zero-order chi connectivity index (χ0) is 45.9. The zero-order valence-corrected chi connectivity index (χ0v) is 39.3. The Morgan fingerprint density at radius 2 is 1.00 bits per heavy atom. The van der Waals surface area contributed by atoms with E-state index in [1.54, 1.807) is 6.08 Å². The Kier molecular flexibility index (Phi) is 39.3. The quantitative estimate of drug-likeness (QED) is 0.0264. The Labute approximate surface area is 383 Å². The molecule has 0 aliphatic carbocycles. The summed E-state index contributed by atoms with van der Waals surface area (Å²) in [5.41, 5.74) is 0. The molecule has 1 amide bonds. The maximum absolute atomic E-state index is 13.0. The van der Waals surface area contributed by atoms with Crippen LogP contribution in [0, 0.1) is 0 Å². The van der Waals surface area contributed by atoms with Gasteiger partial charge in [-0.3, -0.25) is 4.79 Å². The van der Waals surface area contributed by atoms with E-state index in [0.717, 1.165) is 103 Å². The molecule has 1 fully saturated rings. The minimum atomic E-state index is -1.58. The smallest absolute Gasteiger partial charge is 0.220 e. The molecule has 1 rings (SSSR count). The molecule has 0 saturated carbocycles. The molecule has 0 spiro atoms. The molecule has 1 aliphatic rings. The first-order valence-corrected chi connectivity index (χ1v) is 24.6. The second-order valence-electron chi connectivity index (χ2n) is 16.5. The summed E-state index contributed by atoms with van der Waals surface area (Å²) >= 11 is 0. The molecule has 63 heavy (non-hydrogen) atoms. The lowest BCUT2D eigenvalue weighted by atomic mass is 9.99. The van der Waals surface area contributed by atoms with Gasteiger partial charge in [0.05, 0.1) is 25.4 Å². The topological polar surface area (TPSA) is 149 Å². The first-order chi connectivity index (χ1) is 30.8. The normalized spacial score (nSPS) is 21.2. The minimum Gasteiger partial charge on any atom is -0.394 e. The van der Waals surface area contributed by atoms with Crippen LogP contribution in [-0.2, 0) is 14.3 Å². The monoisotopic (exact) mass is 880 g/mol. The van der Waals surface area contributed by atoms with Crippen molar-refractivity contribution in [3.05, 3.63) is 109 Å². The van der Waals surface area contributed by atoms with Crippen LogP contribution in [0.5, 0.6) is 0 Å². The minimum absolute atomic E-state index is 0.207. The Morgan fingerprint density at radius 1 is 0.556 bits per heavy atom. The van der Waals surface area contributed by atoms with E-state index in [0.29, 0.717) is 6.42 Å². The fourth-order valence-corrected chi connectivity index (χ4v) is 6.89. The van der Waals surface area contributed by atoms with Crippen LogP contribution in [0.4, 0.5) is 0 Å². The van der Waals surface area contributed by atoms with E-state index < -0.39 is 49.5 Å². The number of hydrogen-bond acceptors (Lipinski definition) is 8. The third-order valence-corrected chi connectivity index (χ3v) is 10.8. The van der Waals surface area contributed by atoms with Gasteiger partial charge in [0.25, 0.3) is 0 Å². The number of aliphatic hydroxyl groups excluding tert-OH is 5. The fraction of sp³-hybridized carbons (Fsp3) is 0.648. The van der Waals surface area contributed by atoms with Crippen molar-refractivity contribution in [2.24, 2.45) is 0 Å². The fourth-order valence-electron chi connectivity index (χ4n) is 6.89. The summed E-state index contributed by atoms with van der Waals surface area (Å²) in [6.45, 7) is 3.57. The molecule has 9 heteroatoms. The SMILES string of the molecule is CC/C=C\C/C=C\C/C=C\C/C=C\C/C=C\C/C=C\CCCCCCCCCCC(=O)NC(COC1OC(CO)C(O)C(O)C1O)C(O)/C=C/CC/C=C/CC/C=C/CCCCC. The molecule has 6 N–H and O–H groups in total. The van der Waals surface area contributed by atoms with Gasteiger partial charge in [0.1, 0.15) is 24.4 Å². The summed E-state index contributed by atoms with van der Waals surface area (Å²) in [4.78, 5) is 13.0. The van der Waals surface area contributed by atoms with E-state index in [1.807, 2.05) is 6.08 Å². The van der Waals surface area contributed by atoms with E-state index in [2.05, 4.69) is 116 Å². The summed E-state index contributed by atoms with van der Waals surface area (Å²) < 4.78 is 11.2. The lowest BCUT2D eigenvalue weighted by Crippen LogP contribution is -2.60. The van der Waals surface area contributed by atoms with Gasteiger partial charge in [-0.2, -0.15) is 0 Å². The van der Waals surface area contributed by atoms with Crippen molar-refractivity contribution in [2.45, 2.75) is 211 Å². The molecule has 9 nitrogen and oxygen atoms in total. The van der Waals surface area contributed by atoms with Gasteiger partial charge in [-0.25, -0.2) is 0 Å². The summed E-state index contributed by atoms with van der Waals surface area (Å²) in [7, 11) is 0. The van der Waals surface area contributed by atoms with E-state index in [4.69, 9.17) is 9.47 Å². The Balaban J connectivity index is 2.30. The van der Waals surface area contributed by atoms with Crippen LogP contribution < -0.4 is 5.32 Å². The highest BCUT2D eigenvalue weighted by Gasteiger charge is 2.44. The first-order valence-electron chi connectivity index (χ1n) is 24.6. The van der Waals surface area contributed by atoms with Crippen molar-refractivity contribution in [1.29, 1.82) is 0 Å². The van der Waals surface area contributed by atoms with Crippen LogP contribution in [0.25, 0.3) is 0 Å². The summed E-state index contributed by atoms with van der Waals surface area (Å²) in [5.74, 6) is -0.207. The van der Waals surface area contributed by atoms with Gasteiger partial charge in [0, 0.05) is 6.42 Å². The van der Waals surface area contributed by atoms with Crippen molar-refractivity contribution in [3.8, 4) is 0 Å². The van der Waals surface area contributed by atoms with Crippen LogP contribution in [0.15, 0.2) is 109 Å². The second-order valence-corrected chi connectivity index (χ2v) is 16.5. The average Bonchev–Trinajstić information content (AvgIpc) is 3.28. The Hall–Kier alpha value is -3.15. The van der Waals surface area contributed by atoms with Crippen LogP contribution in [0.2, 0.25) is 0 Å². The number of carbonyl (C=O) groups excluding carboxylic acids is 1. The van der Waals surface area contributed by atoms with Gasteiger partial charge < -0.3 is 40.3 Å². The molecule has 0 bridgehead atoms. The van der Waals surface area contributed by atoms with Crippen molar-refractivity contribution in [2.75, 3.05) is 13.2 Å². The van der Waals surface area contributed by atoms with Gasteiger partial charge in [-0.1, -0.05) is 175 Å². The number of unbranched alkanes of at least 4 members (excludes halogenated alkanes) is 13. The van der Waals surface area contributed by atoms with Crippen LogP contribution in [-0.4, -0.2) is 87.5 Å². The van der Waals surface area contributed by atoms with Crippen molar-refractivity contribution < 1.29 is 39.8 Å². The Bertz CT molecular complexity index is 1340. The van der Waals surface area contributed by atoms with Crippen molar-refractivity contribution >= 4 is 5.91 Å².